The van der Waals surface area contributed by atoms with Gasteiger partial charge in [-0.15, -0.1) is 0 Å². The zero-order valence-electron chi connectivity index (χ0n) is 8.83. The molecule has 1 N–H and O–H groups in total. The van der Waals surface area contributed by atoms with Crippen molar-refractivity contribution < 1.29 is 4.79 Å². The average molecular weight is 270 g/mol. The molecule has 17 heavy (non-hydrogen) atoms. The van der Waals surface area contributed by atoms with Crippen LogP contribution in [0, 0.1) is 11.3 Å². The van der Waals surface area contributed by atoms with E-state index in [9.17, 15) is 4.79 Å². The minimum Gasteiger partial charge on any atom is -0.334 e. The minimum atomic E-state index is -0.740. The SMILES string of the molecule is N#CC1(NC(=O)c2cc(Cl)ncc2Cl)CCC1. The molecule has 1 saturated carbocycles. The minimum absolute atomic E-state index is 0.194. The smallest absolute Gasteiger partial charge is 0.254 e. The molecule has 1 aromatic heterocycles. The zero-order chi connectivity index (χ0) is 12.5. The number of halogens is 2. The first-order valence-electron chi connectivity index (χ1n) is 5.11. The van der Waals surface area contributed by atoms with E-state index in [1.165, 1.54) is 12.3 Å². The topological polar surface area (TPSA) is 65.8 Å². The molecule has 2 rings (SSSR count). The zero-order valence-corrected chi connectivity index (χ0v) is 10.3. The standard InChI is InChI=1S/C11H9Cl2N3O/c12-8-5-15-9(13)4-7(8)10(17)16-11(6-14)2-1-3-11/h4-5H,1-3H2,(H,16,17). The molecule has 1 aliphatic rings. The molecule has 0 unspecified atom stereocenters. The van der Waals surface area contributed by atoms with Crippen LogP contribution in [0.3, 0.4) is 0 Å². The number of rotatable bonds is 2. The fourth-order valence-electron chi connectivity index (χ4n) is 1.67. The van der Waals surface area contributed by atoms with Crippen molar-refractivity contribution in [2.24, 2.45) is 0 Å². The van der Waals surface area contributed by atoms with Crippen molar-refractivity contribution >= 4 is 29.1 Å². The largest absolute Gasteiger partial charge is 0.334 e. The Hall–Kier alpha value is -1.31. The molecule has 1 aromatic rings. The van der Waals surface area contributed by atoms with E-state index in [-0.39, 0.29) is 21.6 Å². The second-order valence-electron chi connectivity index (χ2n) is 3.99. The van der Waals surface area contributed by atoms with Gasteiger partial charge in [-0.2, -0.15) is 5.26 Å². The summed E-state index contributed by atoms with van der Waals surface area (Å²) >= 11 is 11.6. The Morgan fingerprint density at radius 1 is 1.53 bits per heavy atom. The molecule has 1 heterocycles. The van der Waals surface area contributed by atoms with Crippen molar-refractivity contribution in [1.29, 1.82) is 5.26 Å². The summed E-state index contributed by atoms with van der Waals surface area (Å²) in [6.45, 7) is 0. The molecule has 1 amide bonds. The number of carbonyl (C=O) groups excluding carboxylic acids is 1. The summed E-state index contributed by atoms with van der Waals surface area (Å²) in [5.74, 6) is -0.388. The molecule has 4 nitrogen and oxygen atoms in total. The van der Waals surface area contributed by atoms with Crippen molar-refractivity contribution in [3.8, 4) is 6.07 Å². The number of aromatic nitrogens is 1. The van der Waals surface area contributed by atoms with Gasteiger partial charge in [0.15, 0.2) is 0 Å². The maximum Gasteiger partial charge on any atom is 0.254 e. The molecule has 0 radical (unpaired) electrons. The second kappa shape index (κ2) is 4.52. The van der Waals surface area contributed by atoms with Crippen LogP contribution in [-0.4, -0.2) is 16.4 Å². The quantitative estimate of drug-likeness (QED) is 0.840. The molecule has 1 aliphatic carbocycles. The van der Waals surface area contributed by atoms with Crippen LogP contribution in [0.25, 0.3) is 0 Å². The van der Waals surface area contributed by atoms with E-state index < -0.39 is 5.54 Å². The molecule has 0 aliphatic heterocycles. The maximum atomic E-state index is 12.0. The van der Waals surface area contributed by atoms with Crippen molar-refractivity contribution in [2.75, 3.05) is 0 Å². The maximum absolute atomic E-state index is 12.0. The van der Waals surface area contributed by atoms with Crippen molar-refractivity contribution in [2.45, 2.75) is 24.8 Å². The fraction of sp³-hybridized carbons (Fsp3) is 0.364. The summed E-state index contributed by atoms with van der Waals surface area (Å²) in [7, 11) is 0. The Morgan fingerprint density at radius 3 is 2.76 bits per heavy atom. The van der Waals surface area contributed by atoms with Gasteiger partial charge in [0.25, 0.3) is 5.91 Å². The van der Waals surface area contributed by atoms with Crippen LogP contribution >= 0.6 is 23.2 Å². The summed E-state index contributed by atoms with van der Waals surface area (Å²) in [5.41, 5.74) is -0.496. The highest BCUT2D eigenvalue weighted by atomic mass is 35.5. The van der Waals surface area contributed by atoms with Gasteiger partial charge >= 0.3 is 0 Å². The normalized spacial score (nSPS) is 16.8. The molecule has 0 bridgehead atoms. The molecule has 0 spiro atoms. The highest BCUT2D eigenvalue weighted by molar-refractivity contribution is 6.35. The van der Waals surface area contributed by atoms with Gasteiger partial charge in [-0.3, -0.25) is 4.79 Å². The number of carbonyl (C=O) groups is 1. The second-order valence-corrected chi connectivity index (χ2v) is 4.78. The van der Waals surface area contributed by atoms with Gasteiger partial charge in [-0.1, -0.05) is 23.2 Å². The van der Waals surface area contributed by atoms with Gasteiger partial charge in [-0.05, 0) is 25.3 Å². The lowest BCUT2D eigenvalue weighted by atomic mass is 9.78. The van der Waals surface area contributed by atoms with Crippen molar-refractivity contribution in [3.05, 3.63) is 28.0 Å². The summed E-state index contributed by atoms with van der Waals surface area (Å²) in [5, 5.41) is 12.1. The van der Waals surface area contributed by atoms with Crippen LogP contribution in [-0.2, 0) is 0 Å². The summed E-state index contributed by atoms with van der Waals surface area (Å²) in [6.07, 6.45) is 3.61. The molecule has 0 aromatic carbocycles. The van der Waals surface area contributed by atoms with Crippen LogP contribution in [0.1, 0.15) is 29.6 Å². The first-order chi connectivity index (χ1) is 8.06. The van der Waals surface area contributed by atoms with Crippen LogP contribution in [0.4, 0.5) is 0 Å². The number of amides is 1. The van der Waals surface area contributed by atoms with Gasteiger partial charge in [0.1, 0.15) is 10.7 Å². The first-order valence-corrected chi connectivity index (χ1v) is 5.87. The third-order valence-electron chi connectivity index (χ3n) is 2.84. The van der Waals surface area contributed by atoms with E-state index in [0.717, 1.165) is 6.42 Å². The number of hydrogen-bond acceptors (Lipinski definition) is 3. The van der Waals surface area contributed by atoms with E-state index in [2.05, 4.69) is 16.4 Å². The van der Waals surface area contributed by atoms with Crippen molar-refractivity contribution in [3.63, 3.8) is 0 Å². The Morgan fingerprint density at radius 2 is 2.24 bits per heavy atom. The van der Waals surface area contributed by atoms with E-state index in [4.69, 9.17) is 28.5 Å². The Labute approximate surface area is 109 Å². The lowest BCUT2D eigenvalue weighted by Gasteiger charge is -2.35. The Bertz CT molecular complexity index is 506. The average Bonchev–Trinajstić information content (AvgIpc) is 2.26. The first kappa shape index (κ1) is 12.2. The predicted molar refractivity (Wildman–Crippen MR) is 63.9 cm³/mol. The predicted octanol–water partition coefficient (Wildman–Crippen LogP) is 2.56. The Balaban J connectivity index is 2.20. The highest BCUT2D eigenvalue weighted by Gasteiger charge is 2.39. The van der Waals surface area contributed by atoms with Gasteiger partial charge in [0.2, 0.25) is 0 Å². The number of hydrogen-bond donors (Lipinski definition) is 1. The van der Waals surface area contributed by atoms with E-state index in [1.54, 1.807) is 0 Å². The van der Waals surface area contributed by atoms with Crippen LogP contribution in [0.2, 0.25) is 10.2 Å². The number of pyridine rings is 1. The third kappa shape index (κ3) is 2.36. The molecule has 0 saturated heterocycles. The number of nitrogens with zero attached hydrogens (tertiary/aromatic N) is 2. The Kier molecular flexibility index (Phi) is 3.23. The summed E-state index contributed by atoms with van der Waals surface area (Å²) in [4.78, 5) is 15.7. The van der Waals surface area contributed by atoms with Gasteiger partial charge in [-0.25, -0.2) is 4.98 Å². The molecular formula is C11H9Cl2N3O. The molecular weight excluding hydrogens is 261 g/mol. The third-order valence-corrected chi connectivity index (χ3v) is 3.35. The van der Waals surface area contributed by atoms with Gasteiger partial charge in [0, 0.05) is 6.20 Å². The fourth-order valence-corrected chi connectivity index (χ4v) is 2.01. The lowest BCUT2D eigenvalue weighted by molar-refractivity contribution is 0.0881. The highest BCUT2D eigenvalue weighted by Crippen LogP contribution is 2.31. The van der Waals surface area contributed by atoms with E-state index >= 15 is 0 Å². The molecule has 88 valence electrons. The molecule has 0 atom stereocenters. The summed E-state index contributed by atoms with van der Waals surface area (Å²) in [6, 6.07) is 3.52. The van der Waals surface area contributed by atoms with E-state index in [1.807, 2.05) is 0 Å². The molecule has 6 heteroatoms. The number of nitrogens with one attached hydrogen (secondary N) is 1. The van der Waals surface area contributed by atoms with Gasteiger partial charge < -0.3 is 5.32 Å². The van der Waals surface area contributed by atoms with Crippen LogP contribution in [0.5, 0.6) is 0 Å². The van der Waals surface area contributed by atoms with E-state index in [0.29, 0.717) is 12.8 Å². The van der Waals surface area contributed by atoms with Gasteiger partial charge in [0.05, 0.1) is 16.7 Å². The lowest BCUT2D eigenvalue weighted by Crippen LogP contribution is -2.52. The van der Waals surface area contributed by atoms with Crippen LogP contribution < -0.4 is 5.32 Å². The van der Waals surface area contributed by atoms with Crippen LogP contribution in [0.15, 0.2) is 12.3 Å². The number of nitriles is 1. The molecule has 1 fully saturated rings. The monoisotopic (exact) mass is 269 g/mol. The summed E-state index contributed by atoms with van der Waals surface area (Å²) < 4.78 is 0. The van der Waals surface area contributed by atoms with Crippen molar-refractivity contribution in [1.82, 2.24) is 10.3 Å².